The van der Waals surface area contributed by atoms with Gasteiger partial charge in [0, 0.05) is 5.56 Å². The summed E-state index contributed by atoms with van der Waals surface area (Å²) in [6.45, 7) is 0. The monoisotopic (exact) mass is 298 g/mol. The van der Waals surface area contributed by atoms with Gasteiger partial charge in [-0.3, -0.25) is 0 Å². The number of phenolic OH excluding ortho intramolecular Hbond substituents is 2. The fourth-order valence-corrected chi connectivity index (χ4v) is 3.18. The van der Waals surface area contributed by atoms with Gasteiger partial charge in [0.05, 0.1) is 0 Å². The van der Waals surface area contributed by atoms with E-state index in [-0.39, 0.29) is 23.2 Å². The summed E-state index contributed by atoms with van der Waals surface area (Å²) < 4.78 is 13.1. The van der Waals surface area contributed by atoms with Gasteiger partial charge in [0.1, 0.15) is 17.3 Å². The van der Waals surface area contributed by atoms with Crippen LogP contribution in [0, 0.1) is 5.82 Å². The SMILES string of the molecule is Oc1cc(/C=C/c2cccc(F)c2)cc(O)c1C1CCCC1. The molecular weight excluding hydrogens is 279 g/mol. The summed E-state index contributed by atoms with van der Waals surface area (Å²) in [6, 6.07) is 9.58. The van der Waals surface area contributed by atoms with Gasteiger partial charge < -0.3 is 10.2 Å². The second kappa shape index (κ2) is 6.22. The first-order valence-corrected chi connectivity index (χ1v) is 7.63. The van der Waals surface area contributed by atoms with E-state index >= 15 is 0 Å². The zero-order valence-electron chi connectivity index (χ0n) is 12.3. The second-order valence-electron chi connectivity index (χ2n) is 5.84. The van der Waals surface area contributed by atoms with Crippen molar-refractivity contribution in [3.8, 4) is 11.5 Å². The number of rotatable bonds is 3. The largest absolute Gasteiger partial charge is 0.507 e. The fraction of sp³-hybridized carbons (Fsp3) is 0.263. The lowest BCUT2D eigenvalue weighted by molar-refractivity contribution is 0.428. The smallest absolute Gasteiger partial charge is 0.123 e. The van der Waals surface area contributed by atoms with Gasteiger partial charge in [0.25, 0.3) is 0 Å². The van der Waals surface area contributed by atoms with Crippen molar-refractivity contribution in [2.75, 3.05) is 0 Å². The van der Waals surface area contributed by atoms with Crippen LogP contribution in [0.3, 0.4) is 0 Å². The summed E-state index contributed by atoms with van der Waals surface area (Å²) in [7, 11) is 0. The first-order valence-electron chi connectivity index (χ1n) is 7.63. The van der Waals surface area contributed by atoms with E-state index in [9.17, 15) is 14.6 Å². The number of aromatic hydroxyl groups is 2. The van der Waals surface area contributed by atoms with Crippen molar-refractivity contribution in [1.82, 2.24) is 0 Å². The molecule has 0 amide bonds. The number of halogens is 1. The topological polar surface area (TPSA) is 40.5 Å². The molecule has 1 aliphatic carbocycles. The number of benzene rings is 2. The van der Waals surface area contributed by atoms with Crippen molar-refractivity contribution in [1.29, 1.82) is 0 Å². The van der Waals surface area contributed by atoms with Gasteiger partial charge in [-0.1, -0.05) is 37.1 Å². The van der Waals surface area contributed by atoms with Gasteiger partial charge >= 0.3 is 0 Å². The highest BCUT2D eigenvalue weighted by atomic mass is 19.1. The molecule has 1 saturated carbocycles. The predicted molar refractivity (Wildman–Crippen MR) is 86.3 cm³/mol. The molecule has 2 N–H and O–H groups in total. The zero-order chi connectivity index (χ0) is 15.5. The Labute approximate surface area is 129 Å². The van der Waals surface area contributed by atoms with Gasteiger partial charge in [-0.05, 0) is 54.2 Å². The van der Waals surface area contributed by atoms with Crippen LogP contribution >= 0.6 is 0 Å². The quantitative estimate of drug-likeness (QED) is 0.777. The van der Waals surface area contributed by atoms with Crippen LogP contribution in [0.1, 0.15) is 48.3 Å². The molecule has 0 heterocycles. The number of hydrogen-bond acceptors (Lipinski definition) is 2. The summed E-state index contributed by atoms with van der Waals surface area (Å²) in [5, 5.41) is 20.4. The van der Waals surface area contributed by atoms with E-state index in [2.05, 4.69) is 0 Å². The molecule has 3 heteroatoms. The molecule has 3 rings (SSSR count). The summed E-state index contributed by atoms with van der Waals surface area (Å²) in [5.74, 6) is 0.252. The minimum atomic E-state index is -0.288. The van der Waals surface area contributed by atoms with Crippen LogP contribution < -0.4 is 0 Å². The zero-order valence-corrected chi connectivity index (χ0v) is 12.3. The molecule has 0 spiro atoms. The first-order chi connectivity index (χ1) is 10.6. The summed E-state index contributed by atoms with van der Waals surface area (Å²) in [5.41, 5.74) is 2.10. The molecular formula is C19H19FO2. The third kappa shape index (κ3) is 3.14. The highest BCUT2D eigenvalue weighted by Gasteiger charge is 2.23. The van der Waals surface area contributed by atoms with Gasteiger partial charge in [-0.25, -0.2) is 4.39 Å². The van der Waals surface area contributed by atoms with Crippen molar-refractivity contribution >= 4 is 12.2 Å². The van der Waals surface area contributed by atoms with E-state index in [1.54, 1.807) is 36.4 Å². The van der Waals surface area contributed by atoms with Crippen molar-refractivity contribution in [2.24, 2.45) is 0 Å². The molecule has 0 atom stereocenters. The molecule has 1 fully saturated rings. The first kappa shape index (κ1) is 14.6. The van der Waals surface area contributed by atoms with E-state index < -0.39 is 0 Å². The Kier molecular flexibility index (Phi) is 4.14. The second-order valence-corrected chi connectivity index (χ2v) is 5.84. The van der Waals surface area contributed by atoms with E-state index in [1.165, 1.54) is 12.1 Å². The maximum Gasteiger partial charge on any atom is 0.123 e. The predicted octanol–water partition coefficient (Wildman–Crippen LogP) is 5.06. The van der Waals surface area contributed by atoms with Crippen LogP contribution in [0.2, 0.25) is 0 Å². The van der Waals surface area contributed by atoms with Crippen LogP contribution in [0.15, 0.2) is 36.4 Å². The number of phenols is 2. The minimum absolute atomic E-state index is 0.144. The summed E-state index contributed by atoms with van der Waals surface area (Å²) >= 11 is 0. The molecule has 1 aliphatic rings. The van der Waals surface area contributed by atoms with Crippen LogP contribution in [0.4, 0.5) is 4.39 Å². The highest BCUT2D eigenvalue weighted by molar-refractivity contribution is 5.71. The number of hydrogen-bond donors (Lipinski definition) is 2. The molecule has 0 saturated heterocycles. The third-order valence-electron chi connectivity index (χ3n) is 4.24. The van der Waals surface area contributed by atoms with E-state index in [4.69, 9.17) is 0 Å². The lowest BCUT2D eigenvalue weighted by Gasteiger charge is -2.14. The van der Waals surface area contributed by atoms with Crippen molar-refractivity contribution in [3.05, 3.63) is 58.9 Å². The normalized spacial score (nSPS) is 15.7. The maximum atomic E-state index is 13.1. The van der Waals surface area contributed by atoms with Crippen LogP contribution in [0.25, 0.3) is 12.2 Å². The van der Waals surface area contributed by atoms with Crippen molar-refractivity contribution in [2.45, 2.75) is 31.6 Å². The Bertz CT molecular complexity index is 677. The summed E-state index contributed by atoms with van der Waals surface area (Å²) in [4.78, 5) is 0. The molecule has 0 unspecified atom stereocenters. The Morgan fingerprint density at radius 3 is 2.18 bits per heavy atom. The molecule has 2 aromatic rings. The van der Waals surface area contributed by atoms with Gasteiger partial charge in [0.15, 0.2) is 0 Å². The average molecular weight is 298 g/mol. The van der Waals surface area contributed by atoms with Crippen LogP contribution in [-0.4, -0.2) is 10.2 Å². The highest BCUT2D eigenvalue weighted by Crippen LogP contribution is 2.43. The molecule has 22 heavy (non-hydrogen) atoms. The molecule has 2 nitrogen and oxygen atoms in total. The molecule has 0 aliphatic heterocycles. The van der Waals surface area contributed by atoms with E-state index in [1.807, 2.05) is 0 Å². The van der Waals surface area contributed by atoms with Gasteiger partial charge in [-0.2, -0.15) is 0 Å². The third-order valence-corrected chi connectivity index (χ3v) is 4.24. The molecule has 0 radical (unpaired) electrons. The van der Waals surface area contributed by atoms with Crippen molar-refractivity contribution in [3.63, 3.8) is 0 Å². The Hall–Kier alpha value is -2.29. The standard InChI is InChI=1S/C19H19FO2/c20-16-7-3-4-13(10-16)8-9-14-11-17(21)19(18(22)12-14)15-5-1-2-6-15/h3-4,7-12,15,21-22H,1-2,5-6H2/b9-8+. The van der Waals surface area contributed by atoms with E-state index in [0.717, 1.165) is 31.2 Å². The Morgan fingerprint density at radius 2 is 1.55 bits per heavy atom. The van der Waals surface area contributed by atoms with Gasteiger partial charge in [0.2, 0.25) is 0 Å². The Morgan fingerprint density at radius 1 is 0.909 bits per heavy atom. The molecule has 0 bridgehead atoms. The van der Waals surface area contributed by atoms with Gasteiger partial charge in [-0.15, -0.1) is 0 Å². The minimum Gasteiger partial charge on any atom is -0.507 e. The molecule has 0 aromatic heterocycles. The molecule has 2 aromatic carbocycles. The van der Waals surface area contributed by atoms with Crippen LogP contribution in [-0.2, 0) is 0 Å². The Balaban J connectivity index is 1.86. The lowest BCUT2D eigenvalue weighted by Crippen LogP contribution is -1.94. The average Bonchev–Trinajstić information content (AvgIpc) is 2.98. The lowest BCUT2D eigenvalue weighted by atomic mass is 9.94. The van der Waals surface area contributed by atoms with Crippen molar-refractivity contribution < 1.29 is 14.6 Å². The molecule has 114 valence electrons. The maximum absolute atomic E-state index is 13.1. The van der Waals surface area contributed by atoms with E-state index in [0.29, 0.717) is 11.1 Å². The fourth-order valence-electron chi connectivity index (χ4n) is 3.18. The van der Waals surface area contributed by atoms with Crippen LogP contribution in [0.5, 0.6) is 11.5 Å². The summed E-state index contributed by atoms with van der Waals surface area (Å²) in [6.07, 6.45) is 7.83.